The van der Waals surface area contributed by atoms with Crippen LogP contribution in [0.1, 0.15) is 16.8 Å². The average Bonchev–Trinajstić information content (AvgIpc) is 2.89. The molecule has 1 aromatic carbocycles. The highest BCUT2D eigenvalue weighted by Gasteiger charge is 2.20. The highest BCUT2D eigenvalue weighted by molar-refractivity contribution is 5.94. The first kappa shape index (κ1) is 13.8. The van der Waals surface area contributed by atoms with Crippen LogP contribution >= 0.6 is 0 Å². The van der Waals surface area contributed by atoms with Gasteiger partial charge in [0.2, 0.25) is 0 Å². The molecule has 0 spiro atoms. The first-order valence-corrected chi connectivity index (χ1v) is 5.74. The molecule has 1 aliphatic heterocycles. The van der Waals surface area contributed by atoms with Crippen molar-refractivity contribution in [2.24, 2.45) is 0 Å². The molecule has 19 heavy (non-hydrogen) atoms. The van der Waals surface area contributed by atoms with E-state index >= 15 is 0 Å². The van der Waals surface area contributed by atoms with Crippen molar-refractivity contribution < 1.29 is 27.4 Å². The summed E-state index contributed by atoms with van der Waals surface area (Å²) < 4.78 is 49.2. The molecular formula is C12H12F3NO3. The molecule has 0 radical (unpaired) electrons. The summed E-state index contributed by atoms with van der Waals surface area (Å²) in [5.41, 5.74) is -0.535. The summed E-state index contributed by atoms with van der Waals surface area (Å²) in [7, 11) is 0. The lowest BCUT2D eigenvalue weighted by atomic mass is 10.2. The van der Waals surface area contributed by atoms with Gasteiger partial charge in [0.15, 0.2) is 23.7 Å². The van der Waals surface area contributed by atoms with Gasteiger partial charge in [-0.1, -0.05) is 0 Å². The standard InChI is InChI=1S/C12H12F3NO3/c13-8-2-1-7(10(14)11(8)15)12(17)16-4-3-9-18-5-6-19-9/h1-2,9H,3-6H2,(H,16,17). The van der Waals surface area contributed by atoms with Crippen LogP contribution in [0.4, 0.5) is 13.2 Å². The Morgan fingerprint density at radius 3 is 2.58 bits per heavy atom. The number of carbonyl (C=O) groups is 1. The lowest BCUT2D eigenvalue weighted by Gasteiger charge is -2.10. The van der Waals surface area contributed by atoms with E-state index < -0.39 is 35.2 Å². The Bertz CT molecular complexity index is 476. The van der Waals surface area contributed by atoms with Gasteiger partial charge >= 0.3 is 0 Å². The van der Waals surface area contributed by atoms with E-state index in [1.54, 1.807) is 0 Å². The molecule has 1 aliphatic rings. The quantitative estimate of drug-likeness (QED) is 0.849. The van der Waals surface area contributed by atoms with E-state index in [2.05, 4.69) is 5.32 Å². The summed E-state index contributed by atoms with van der Waals surface area (Å²) in [6.07, 6.45) is 0.00641. The number of halogens is 3. The molecule has 1 N–H and O–H groups in total. The number of benzene rings is 1. The van der Waals surface area contributed by atoms with Crippen LogP contribution in [0.25, 0.3) is 0 Å². The van der Waals surface area contributed by atoms with Gasteiger partial charge in [-0.15, -0.1) is 0 Å². The van der Waals surface area contributed by atoms with E-state index in [4.69, 9.17) is 9.47 Å². The van der Waals surface area contributed by atoms with Crippen molar-refractivity contribution in [1.82, 2.24) is 5.32 Å². The summed E-state index contributed by atoms with van der Waals surface area (Å²) in [4.78, 5) is 11.6. The number of amides is 1. The summed E-state index contributed by atoms with van der Waals surface area (Å²) in [5, 5.41) is 2.39. The predicted octanol–water partition coefficient (Wildman–Crippen LogP) is 1.60. The van der Waals surface area contributed by atoms with Gasteiger partial charge in [-0.3, -0.25) is 4.79 Å². The topological polar surface area (TPSA) is 47.6 Å². The number of carbonyl (C=O) groups excluding carboxylic acids is 1. The van der Waals surface area contributed by atoms with Crippen LogP contribution in [-0.4, -0.2) is 32.0 Å². The monoisotopic (exact) mass is 275 g/mol. The molecule has 0 bridgehead atoms. The first-order chi connectivity index (χ1) is 9.09. The number of hydrogen-bond acceptors (Lipinski definition) is 3. The summed E-state index contributed by atoms with van der Waals surface area (Å²) in [6.45, 7) is 1.18. The third-order valence-electron chi connectivity index (χ3n) is 2.64. The van der Waals surface area contributed by atoms with Crippen LogP contribution in [0.2, 0.25) is 0 Å². The molecule has 1 saturated heterocycles. The molecule has 2 rings (SSSR count). The molecule has 0 aromatic heterocycles. The molecule has 0 aliphatic carbocycles. The minimum Gasteiger partial charge on any atom is -0.352 e. The molecule has 4 nitrogen and oxygen atoms in total. The highest BCUT2D eigenvalue weighted by atomic mass is 19.2. The Labute approximate surface area is 107 Å². The Morgan fingerprint density at radius 1 is 1.21 bits per heavy atom. The van der Waals surface area contributed by atoms with Gasteiger partial charge in [0.1, 0.15) is 0 Å². The van der Waals surface area contributed by atoms with Gasteiger partial charge in [-0.25, -0.2) is 13.2 Å². The van der Waals surface area contributed by atoms with Crippen LogP contribution in [-0.2, 0) is 9.47 Å². The Morgan fingerprint density at radius 2 is 1.89 bits per heavy atom. The lowest BCUT2D eigenvalue weighted by molar-refractivity contribution is -0.0455. The average molecular weight is 275 g/mol. The number of hydrogen-bond donors (Lipinski definition) is 1. The fourth-order valence-corrected chi connectivity index (χ4v) is 1.67. The van der Waals surface area contributed by atoms with E-state index in [0.717, 1.165) is 6.07 Å². The summed E-state index contributed by atoms with van der Waals surface area (Å²) in [6, 6.07) is 1.60. The molecule has 0 atom stereocenters. The summed E-state index contributed by atoms with van der Waals surface area (Å²) in [5.74, 6) is -5.29. The van der Waals surface area contributed by atoms with Gasteiger partial charge in [-0.05, 0) is 12.1 Å². The van der Waals surface area contributed by atoms with Crippen LogP contribution in [0.3, 0.4) is 0 Å². The van der Waals surface area contributed by atoms with Crippen molar-refractivity contribution in [1.29, 1.82) is 0 Å². The number of nitrogens with one attached hydrogen (secondary N) is 1. The maximum Gasteiger partial charge on any atom is 0.254 e. The SMILES string of the molecule is O=C(NCCC1OCCO1)c1ccc(F)c(F)c1F. The second kappa shape index (κ2) is 6.03. The minimum absolute atomic E-state index is 0.182. The van der Waals surface area contributed by atoms with E-state index in [9.17, 15) is 18.0 Å². The van der Waals surface area contributed by atoms with Gasteiger partial charge in [-0.2, -0.15) is 0 Å². The van der Waals surface area contributed by atoms with Gasteiger partial charge in [0.05, 0.1) is 18.8 Å². The van der Waals surface area contributed by atoms with E-state index in [0.29, 0.717) is 25.7 Å². The van der Waals surface area contributed by atoms with E-state index in [-0.39, 0.29) is 6.54 Å². The smallest absolute Gasteiger partial charge is 0.254 e. The van der Waals surface area contributed by atoms with Crippen LogP contribution in [0.5, 0.6) is 0 Å². The Kier molecular flexibility index (Phi) is 4.39. The third kappa shape index (κ3) is 3.24. The molecule has 0 saturated carbocycles. The van der Waals surface area contributed by atoms with Crippen molar-refractivity contribution in [2.75, 3.05) is 19.8 Å². The fourth-order valence-electron chi connectivity index (χ4n) is 1.67. The van der Waals surface area contributed by atoms with Crippen molar-refractivity contribution in [2.45, 2.75) is 12.7 Å². The first-order valence-electron chi connectivity index (χ1n) is 5.74. The Hall–Kier alpha value is -1.60. The van der Waals surface area contributed by atoms with Crippen molar-refractivity contribution in [3.05, 3.63) is 35.1 Å². The van der Waals surface area contributed by atoms with E-state index in [1.807, 2.05) is 0 Å². The molecule has 1 fully saturated rings. The number of rotatable bonds is 4. The van der Waals surface area contributed by atoms with Crippen molar-refractivity contribution >= 4 is 5.91 Å². The largest absolute Gasteiger partial charge is 0.352 e. The zero-order valence-corrected chi connectivity index (χ0v) is 9.92. The van der Waals surface area contributed by atoms with Crippen LogP contribution in [0, 0.1) is 17.5 Å². The summed E-state index contributed by atoms with van der Waals surface area (Å²) >= 11 is 0. The molecule has 1 aromatic rings. The zero-order valence-electron chi connectivity index (χ0n) is 9.92. The van der Waals surface area contributed by atoms with Gasteiger partial charge < -0.3 is 14.8 Å². The normalized spacial score (nSPS) is 15.7. The maximum atomic E-state index is 13.3. The minimum atomic E-state index is -1.66. The zero-order chi connectivity index (χ0) is 13.8. The molecular weight excluding hydrogens is 263 g/mol. The van der Waals surface area contributed by atoms with Gasteiger partial charge in [0, 0.05) is 13.0 Å². The molecule has 1 heterocycles. The van der Waals surface area contributed by atoms with E-state index in [1.165, 1.54) is 0 Å². The molecule has 104 valence electrons. The molecule has 7 heteroatoms. The highest BCUT2D eigenvalue weighted by Crippen LogP contribution is 2.15. The lowest BCUT2D eigenvalue weighted by Crippen LogP contribution is -2.28. The second-order valence-corrected chi connectivity index (χ2v) is 3.94. The number of ether oxygens (including phenoxy) is 2. The maximum absolute atomic E-state index is 13.3. The van der Waals surface area contributed by atoms with Crippen LogP contribution < -0.4 is 5.32 Å². The molecule has 1 amide bonds. The van der Waals surface area contributed by atoms with Gasteiger partial charge in [0.25, 0.3) is 5.91 Å². The predicted molar refractivity (Wildman–Crippen MR) is 59.0 cm³/mol. The fraction of sp³-hybridized carbons (Fsp3) is 0.417. The second-order valence-electron chi connectivity index (χ2n) is 3.94. The van der Waals surface area contributed by atoms with Crippen LogP contribution in [0.15, 0.2) is 12.1 Å². The third-order valence-corrected chi connectivity index (χ3v) is 2.64. The van der Waals surface area contributed by atoms with Crippen molar-refractivity contribution in [3.8, 4) is 0 Å². The van der Waals surface area contributed by atoms with Crippen molar-refractivity contribution in [3.63, 3.8) is 0 Å². The molecule has 0 unspecified atom stereocenters. The Balaban J connectivity index is 1.90.